The number of pyridine rings is 1. The average molecular weight is 323 g/mol. The lowest BCUT2D eigenvalue weighted by Gasteiger charge is -2.30. The smallest absolute Gasteiger partial charge is 0.242 e. The second kappa shape index (κ2) is 5.95. The molecule has 0 saturated heterocycles. The molecule has 0 spiro atoms. The van der Waals surface area contributed by atoms with Gasteiger partial charge >= 0.3 is 0 Å². The number of rotatable bonds is 3. The van der Waals surface area contributed by atoms with Crippen molar-refractivity contribution in [3.05, 3.63) is 22.4 Å². The van der Waals surface area contributed by atoms with Gasteiger partial charge in [-0.3, -0.25) is 0 Å². The summed E-state index contributed by atoms with van der Waals surface area (Å²) in [5.74, 6) is 0. The summed E-state index contributed by atoms with van der Waals surface area (Å²) >= 11 is 11.5. The van der Waals surface area contributed by atoms with E-state index in [1.54, 1.807) is 7.05 Å². The van der Waals surface area contributed by atoms with Crippen molar-refractivity contribution in [1.82, 2.24) is 9.29 Å². The molecule has 1 aliphatic carbocycles. The van der Waals surface area contributed by atoms with Gasteiger partial charge in [-0.25, -0.2) is 13.4 Å². The molecule has 0 atom stereocenters. The van der Waals surface area contributed by atoms with Crippen LogP contribution in [0.25, 0.3) is 0 Å². The van der Waals surface area contributed by atoms with Gasteiger partial charge in [-0.1, -0.05) is 42.5 Å². The maximum atomic E-state index is 12.5. The molecule has 0 radical (unpaired) electrons. The van der Waals surface area contributed by atoms with Crippen molar-refractivity contribution in [1.29, 1.82) is 0 Å². The Morgan fingerprint density at radius 3 is 2.47 bits per heavy atom. The van der Waals surface area contributed by atoms with Gasteiger partial charge in [0, 0.05) is 19.3 Å². The van der Waals surface area contributed by atoms with Crippen molar-refractivity contribution in [2.45, 2.75) is 43.0 Å². The van der Waals surface area contributed by atoms with E-state index < -0.39 is 10.0 Å². The SMILES string of the molecule is CN(C1CCCCC1)S(=O)(=O)c1cnc(Cl)c(Cl)c1. The quantitative estimate of drug-likeness (QED) is 0.802. The zero-order valence-corrected chi connectivity index (χ0v) is 13.0. The van der Waals surface area contributed by atoms with E-state index in [4.69, 9.17) is 23.2 Å². The number of aromatic nitrogens is 1. The first kappa shape index (κ1) is 15.0. The fourth-order valence-corrected chi connectivity index (χ4v) is 4.07. The Hall–Kier alpha value is -0.360. The van der Waals surface area contributed by atoms with E-state index in [0.717, 1.165) is 25.7 Å². The highest BCUT2D eigenvalue weighted by Gasteiger charge is 2.29. The Balaban J connectivity index is 2.27. The first-order chi connectivity index (χ1) is 8.93. The third-order valence-corrected chi connectivity index (χ3v) is 6.10. The van der Waals surface area contributed by atoms with Crippen LogP contribution in [0.3, 0.4) is 0 Å². The summed E-state index contributed by atoms with van der Waals surface area (Å²) in [4.78, 5) is 3.89. The molecule has 1 fully saturated rings. The summed E-state index contributed by atoms with van der Waals surface area (Å²) in [7, 11) is -1.93. The minimum atomic E-state index is -3.55. The molecular formula is C12H16Cl2N2O2S. The van der Waals surface area contributed by atoms with Crippen LogP contribution in [0.4, 0.5) is 0 Å². The Kier molecular flexibility index (Phi) is 4.71. The number of halogens is 2. The molecule has 2 rings (SSSR count). The van der Waals surface area contributed by atoms with Crippen LogP contribution in [-0.2, 0) is 10.0 Å². The molecule has 0 aromatic carbocycles. The Bertz CT molecular complexity index is 557. The highest BCUT2D eigenvalue weighted by Crippen LogP contribution is 2.28. The van der Waals surface area contributed by atoms with Gasteiger partial charge in [-0.05, 0) is 18.9 Å². The van der Waals surface area contributed by atoms with Gasteiger partial charge in [0.15, 0.2) is 0 Å². The van der Waals surface area contributed by atoms with Crippen LogP contribution >= 0.6 is 23.2 Å². The molecule has 0 unspecified atom stereocenters. The second-order valence-corrected chi connectivity index (χ2v) is 7.52. The highest BCUT2D eigenvalue weighted by molar-refractivity contribution is 7.89. The number of nitrogens with zero attached hydrogens (tertiary/aromatic N) is 2. The fourth-order valence-electron chi connectivity index (χ4n) is 2.35. The van der Waals surface area contributed by atoms with Crippen molar-refractivity contribution in [3.8, 4) is 0 Å². The Morgan fingerprint density at radius 2 is 1.89 bits per heavy atom. The van der Waals surface area contributed by atoms with Gasteiger partial charge in [0.25, 0.3) is 0 Å². The molecule has 1 heterocycles. The lowest BCUT2D eigenvalue weighted by Crippen LogP contribution is -2.38. The topological polar surface area (TPSA) is 50.3 Å². The lowest BCUT2D eigenvalue weighted by molar-refractivity contribution is 0.286. The van der Waals surface area contributed by atoms with Gasteiger partial charge in [0.1, 0.15) is 10.0 Å². The molecule has 19 heavy (non-hydrogen) atoms. The molecule has 0 aliphatic heterocycles. The Labute approximate surface area is 123 Å². The van der Waals surface area contributed by atoms with E-state index >= 15 is 0 Å². The molecular weight excluding hydrogens is 307 g/mol. The van der Waals surface area contributed by atoms with Crippen molar-refractivity contribution in [3.63, 3.8) is 0 Å². The molecule has 7 heteroatoms. The van der Waals surface area contributed by atoms with Crippen LogP contribution in [0.5, 0.6) is 0 Å². The van der Waals surface area contributed by atoms with E-state index in [1.807, 2.05) is 0 Å². The molecule has 4 nitrogen and oxygen atoms in total. The molecule has 0 amide bonds. The van der Waals surface area contributed by atoms with Crippen LogP contribution in [0.1, 0.15) is 32.1 Å². The van der Waals surface area contributed by atoms with Gasteiger partial charge in [0.05, 0.1) is 5.02 Å². The molecule has 106 valence electrons. The van der Waals surface area contributed by atoms with Gasteiger partial charge in [0.2, 0.25) is 10.0 Å². The largest absolute Gasteiger partial charge is 0.244 e. The molecule has 1 aliphatic rings. The van der Waals surface area contributed by atoms with Crippen LogP contribution in [-0.4, -0.2) is 30.8 Å². The van der Waals surface area contributed by atoms with Gasteiger partial charge in [-0.2, -0.15) is 4.31 Å². The number of hydrogen-bond acceptors (Lipinski definition) is 3. The van der Waals surface area contributed by atoms with E-state index in [0.29, 0.717) is 0 Å². The number of sulfonamides is 1. The van der Waals surface area contributed by atoms with E-state index in [-0.39, 0.29) is 21.1 Å². The van der Waals surface area contributed by atoms with E-state index in [1.165, 1.54) is 23.0 Å². The first-order valence-corrected chi connectivity index (χ1v) is 8.41. The van der Waals surface area contributed by atoms with E-state index in [2.05, 4.69) is 4.98 Å². The normalized spacial score (nSPS) is 17.9. The summed E-state index contributed by atoms with van der Waals surface area (Å²) < 4.78 is 26.4. The number of hydrogen-bond donors (Lipinski definition) is 0. The zero-order chi connectivity index (χ0) is 14.0. The zero-order valence-electron chi connectivity index (χ0n) is 10.6. The summed E-state index contributed by atoms with van der Waals surface area (Å²) in [5.41, 5.74) is 0. The van der Waals surface area contributed by atoms with Crippen LogP contribution in [0.15, 0.2) is 17.2 Å². The standard InChI is InChI=1S/C12H16Cl2N2O2S/c1-16(9-5-3-2-4-6-9)19(17,18)10-7-11(13)12(14)15-8-10/h7-9H,2-6H2,1H3. The summed E-state index contributed by atoms with van der Waals surface area (Å²) in [6, 6.07) is 1.42. The molecule has 0 N–H and O–H groups in total. The third-order valence-electron chi connectivity index (χ3n) is 3.54. The molecule has 1 aromatic rings. The summed E-state index contributed by atoms with van der Waals surface area (Å²) in [6.45, 7) is 0. The van der Waals surface area contributed by atoms with Gasteiger partial charge < -0.3 is 0 Å². The monoisotopic (exact) mass is 322 g/mol. The summed E-state index contributed by atoms with van der Waals surface area (Å²) in [6.07, 6.45) is 6.39. The Morgan fingerprint density at radius 1 is 1.26 bits per heavy atom. The predicted molar refractivity (Wildman–Crippen MR) is 76.1 cm³/mol. The average Bonchev–Trinajstić information content (AvgIpc) is 2.41. The van der Waals surface area contributed by atoms with Crippen molar-refractivity contribution in [2.75, 3.05) is 7.05 Å². The van der Waals surface area contributed by atoms with Crippen LogP contribution < -0.4 is 0 Å². The fraction of sp³-hybridized carbons (Fsp3) is 0.583. The van der Waals surface area contributed by atoms with Crippen molar-refractivity contribution < 1.29 is 8.42 Å². The van der Waals surface area contributed by atoms with Crippen molar-refractivity contribution in [2.24, 2.45) is 0 Å². The highest BCUT2D eigenvalue weighted by atomic mass is 35.5. The first-order valence-electron chi connectivity index (χ1n) is 6.22. The van der Waals surface area contributed by atoms with Crippen molar-refractivity contribution >= 4 is 33.2 Å². The van der Waals surface area contributed by atoms with Crippen LogP contribution in [0, 0.1) is 0 Å². The molecule has 0 bridgehead atoms. The minimum Gasteiger partial charge on any atom is -0.242 e. The van der Waals surface area contributed by atoms with Gasteiger partial charge in [-0.15, -0.1) is 0 Å². The van der Waals surface area contributed by atoms with E-state index in [9.17, 15) is 8.42 Å². The predicted octanol–water partition coefficient (Wildman–Crippen LogP) is 3.34. The molecule has 1 saturated carbocycles. The maximum absolute atomic E-state index is 12.5. The van der Waals surface area contributed by atoms with Crippen LogP contribution in [0.2, 0.25) is 10.2 Å². The maximum Gasteiger partial charge on any atom is 0.244 e. The third kappa shape index (κ3) is 3.21. The second-order valence-electron chi connectivity index (χ2n) is 4.76. The minimum absolute atomic E-state index is 0.0632. The summed E-state index contributed by atoms with van der Waals surface area (Å²) in [5, 5.41) is 0.265. The molecule has 1 aromatic heterocycles. The lowest BCUT2D eigenvalue weighted by atomic mass is 9.96.